The molecule has 1 aromatic rings. The van der Waals surface area contributed by atoms with Crippen molar-refractivity contribution in [3.8, 4) is 5.75 Å². The van der Waals surface area contributed by atoms with E-state index in [1.54, 1.807) is 7.11 Å². The zero-order valence-electron chi connectivity index (χ0n) is 11.3. The van der Waals surface area contributed by atoms with Crippen molar-refractivity contribution < 1.29 is 4.74 Å². The Hall–Kier alpha value is -1.22. The number of hydrogen-bond acceptors (Lipinski definition) is 3. The van der Waals surface area contributed by atoms with Gasteiger partial charge in [0.1, 0.15) is 5.75 Å². The van der Waals surface area contributed by atoms with Crippen LogP contribution in [-0.2, 0) is 0 Å². The molecule has 0 aliphatic carbocycles. The summed E-state index contributed by atoms with van der Waals surface area (Å²) in [6.45, 7) is 8.02. The summed E-state index contributed by atoms with van der Waals surface area (Å²) in [5.74, 6) is 1.47. The highest BCUT2D eigenvalue weighted by Crippen LogP contribution is 2.29. The average molecular weight is 236 g/mol. The second kappa shape index (κ2) is 6.50. The highest BCUT2D eigenvalue weighted by Gasteiger charge is 2.07. The summed E-state index contributed by atoms with van der Waals surface area (Å²) in [6.07, 6.45) is 1.08. The molecule has 1 aromatic carbocycles. The summed E-state index contributed by atoms with van der Waals surface area (Å²) >= 11 is 0. The van der Waals surface area contributed by atoms with Crippen LogP contribution in [-0.4, -0.2) is 20.2 Å². The van der Waals surface area contributed by atoms with Crippen LogP contribution in [0.25, 0.3) is 0 Å². The van der Waals surface area contributed by atoms with Gasteiger partial charge in [-0.05, 0) is 49.9 Å². The maximum atomic E-state index is 5.60. The molecule has 0 bridgehead atoms. The van der Waals surface area contributed by atoms with Crippen LogP contribution in [0.15, 0.2) is 12.1 Å². The van der Waals surface area contributed by atoms with Gasteiger partial charge >= 0.3 is 0 Å². The number of aryl methyl sites for hydroxylation is 2. The number of nitrogens with one attached hydrogen (secondary N) is 1. The predicted octanol–water partition coefficient (Wildman–Crippen LogP) is 2.71. The maximum Gasteiger partial charge on any atom is 0.142 e. The van der Waals surface area contributed by atoms with Crippen molar-refractivity contribution in [3.05, 3.63) is 23.3 Å². The fourth-order valence-corrected chi connectivity index (χ4v) is 1.88. The quantitative estimate of drug-likeness (QED) is 0.798. The van der Waals surface area contributed by atoms with Crippen LogP contribution in [0.3, 0.4) is 0 Å². The molecule has 0 aromatic heterocycles. The molecular formula is C14H24N2O. The van der Waals surface area contributed by atoms with Crippen molar-refractivity contribution in [2.45, 2.75) is 27.2 Å². The SMILES string of the molecule is COc1cc(C)cc(C)c1NCCC(C)CN. The van der Waals surface area contributed by atoms with E-state index < -0.39 is 0 Å². The van der Waals surface area contributed by atoms with Crippen molar-refractivity contribution in [2.24, 2.45) is 11.7 Å². The van der Waals surface area contributed by atoms with E-state index >= 15 is 0 Å². The Morgan fingerprint density at radius 1 is 1.35 bits per heavy atom. The average Bonchev–Trinajstić information content (AvgIpc) is 2.30. The first kappa shape index (κ1) is 13.8. The molecule has 0 aliphatic heterocycles. The Balaban J connectivity index is 2.69. The first-order valence-electron chi connectivity index (χ1n) is 6.17. The minimum Gasteiger partial charge on any atom is -0.495 e. The molecule has 0 saturated carbocycles. The van der Waals surface area contributed by atoms with Crippen LogP contribution in [0, 0.1) is 19.8 Å². The summed E-state index contributed by atoms with van der Waals surface area (Å²) in [6, 6.07) is 4.22. The monoisotopic (exact) mass is 236 g/mol. The molecule has 1 atom stereocenters. The zero-order valence-corrected chi connectivity index (χ0v) is 11.3. The third-order valence-corrected chi connectivity index (χ3v) is 3.00. The molecule has 0 spiro atoms. The standard InChI is InChI=1S/C14H24N2O/c1-10(9-15)5-6-16-14-12(3)7-11(2)8-13(14)17-4/h7-8,10,16H,5-6,9,15H2,1-4H3. The van der Waals surface area contributed by atoms with Gasteiger partial charge in [0.25, 0.3) is 0 Å². The summed E-state index contributed by atoms with van der Waals surface area (Å²) in [7, 11) is 1.71. The fourth-order valence-electron chi connectivity index (χ4n) is 1.88. The molecule has 0 amide bonds. The smallest absolute Gasteiger partial charge is 0.142 e. The number of benzene rings is 1. The van der Waals surface area contributed by atoms with E-state index in [9.17, 15) is 0 Å². The Kier molecular flexibility index (Phi) is 5.29. The molecule has 96 valence electrons. The van der Waals surface area contributed by atoms with Crippen LogP contribution in [0.5, 0.6) is 5.75 Å². The Bertz CT molecular complexity index is 363. The molecule has 0 radical (unpaired) electrons. The van der Waals surface area contributed by atoms with E-state index in [1.165, 1.54) is 11.1 Å². The number of methoxy groups -OCH3 is 1. The summed E-state index contributed by atoms with van der Waals surface area (Å²) in [5, 5.41) is 3.44. The molecule has 3 heteroatoms. The third kappa shape index (κ3) is 3.93. The molecule has 1 unspecified atom stereocenters. The minimum atomic E-state index is 0.555. The third-order valence-electron chi connectivity index (χ3n) is 3.00. The lowest BCUT2D eigenvalue weighted by Crippen LogP contribution is -2.15. The summed E-state index contributed by atoms with van der Waals surface area (Å²) in [4.78, 5) is 0. The van der Waals surface area contributed by atoms with Crippen LogP contribution >= 0.6 is 0 Å². The first-order valence-corrected chi connectivity index (χ1v) is 6.17. The molecule has 3 N–H and O–H groups in total. The first-order chi connectivity index (χ1) is 8.08. The van der Waals surface area contributed by atoms with E-state index in [0.29, 0.717) is 5.92 Å². The van der Waals surface area contributed by atoms with E-state index in [4.69, 9.17) is 10.5 Å². The molecule has 1 rings (SSSR count). The molecule has 3 nitrogen and oxygen atoms in total. The number of rotatable bonds is 6. The second-order valence-electron chi connectivity index (χ2n) is 4.72. The highest BCUT2D eigenvalue weighted by atomic mass is 16.5. The zero-order chi connectivity index (χ0) is 12.8. The van der Waals surface area contributed by atoms with Gasteiger partial charge in [0.2, 0.25) is 0 Å². The van der Waals surface area contributed by atoms with E-state index in [-0.39, 0.29) is 0 Å². The molecule has 0 heterocycles. The van der Waals surface area contributed by atoms with Crippen molar-refractivity contribution in [3.63, 3.8) is 0 Å². The van der Waals surface area contributed by atoms with Crippen molar-refractivity contribution in [1.82, 2.24) is 0 Å². The van der Waals surface area contributed by atoms with Gasteiger partial charge in [0.15, 0.2) is 0 Å². The number of ether oxygens (including phenoxy) is 1. The lowest BCUT2D eigenvalue weighted by atomic mass is 10.1. The lowest BCUT2D eigenvalue weighted by Gasteiger charge is -2.16. The van der Waals surface area contributed by atoms with Crippen LogP contribution < -0.4 is 15.8 Å². The fraction of sp³-hybridized carbons (Fsp3) is 0.571. The van der Waals surface area contributed by atoms with Gasteiger partial charge < -0.3 is 15.8 Å². The number of anilines is 1. The van der Waals surface area contributed by atoms with Gasteiger partial charge in [-0.1, -0.05) is 13.0 Å². The normalized spacial score (nSPS) is 12.3. The predicted molar refractivity (Wildman–Crippen MR) is 73.8 cm³/mol. The number of hydrogen-bond donors (Lipinski definition) is 2. The van der Waals surface area contributed by atoms with Gasteiger partial charge in [0, 0.05) is 6.54 Å². The molecule has 0 fully saturated rings. The van der Waals surface area contributed by atoms with Crippen molar-refractivity contribution in [2.75, 3.05) is 25.5 Å². The maximum absolute atomic E-state index is 5.60. The molecule has 17 heavy (non-hydrogen) atoms. The van der Waals surface area contributed by atoms with E-state index in [2.05, 4.69) is 38.2 Å². The topological polar surface area (TPSA) is 47.3 Å². The Morgan fingerprint density at radius 2 is 2.06 bits per heavy atom. The summed E-state index contributed by atoms with van der Waals surface area (Å²) in [5.41, 5.74) is 9.15. The number of nitrogens with two attached hydrogens (primary N) is 1. The van der Waals surface area contributed by atoms with Crippen molar-refractivity contribution >= 4 is 5.69 Å². The van der Waals surface area contributed by atoms with E-state index in [1.807, 2.05) is 0 Å². The largest absolute Gasteiger partial charge is 0.495 e. The minimum absolute atomic E-state index is 0.555. The van der Waals surface area contributed by atoms with Crippen molar-refractivity contribution in [1.29, 1.82) is 0 Å². The lowest BCUT2D eigenvalue weighted by molar-refractivity contribution is 0.415. The summed E-state index contributed by atoms with van der Waals surface area (Å²) < 4.78 is 5.40. The van der Waals surface area contributed by atoms with Gasteiger partial charge in [-0.2, -0.15) is 0 Å². The van der Waals surface area contributed by atoms with Crippen LogP contribution in [0.2, 0.25) is 0 Å². The van der Waals surface area contributed by atoms with Crippen LogP contribution in [0.1, 0.15) is 24.5 Å². The molecular weight excluding hydrogens is 212 g/mol. The molecule has 0 aliphatic rings. The van der Waals surface area contributed by atoms with E-state index in [0.717, 1.165) is 30.9 Å². The van der Waals surface area contributed by atoms with Gasteiger partial charge in [0.05, 0.1) is 12.8 Å². The Labute approximate surface area is 104 Å². The van der Waals surface area contributed by atoms with Crippen LogP contribution in [0.4, 0.5) is 5.69 Å². The van der Waals surface area contributed by atoms with Gasteiger partial charge in [-0.3, -0.25) is 0 Å². The van der Waals surface area contributed by atoms with Gasteiger partial charge in [-0.25, -0.2) is 0 Å². The molecule has 0 saturated heterocycles. The van der Waals surface area contributed by atoms with Gasteiger partial charge in [-0.15, -0.1) is 0 Å². The second-order valence-corrected chi connectivity index (χ2v) is 4.72. The Morgan fingerprint density at radius 3 is 2.65 bits per heavy atom. The highest BCUT2D eigenvalue weighted by molar-refractivity contribution is 5.63.